The fourth-order valence-corrected chi connectivity index (χ4v) is 2.37. The molecule has 2 rings (SSSR count). The number of amides is 1. The number of nitrogens with zero attached hydrogens (tertiary/aromatic N) is 2. The number of carbonyl (C=O) groups excluding carboxylic acids is 1. The van der Waals surface area contributed by atoms with E-state index in [1.165, 1.54) is 5.56 Å². The van der Waals surface area contributed by atoms with Crippen molar-refractivity contribution in [3.63, 3.8) is 0 Å². The number of benzene rings is 1. The number of hydrogen-bond donors (Lipinski definition) is 1. The first-order valence-corrected chi connectivity index (χ1v) is 7.31. The van der Waals surface area contributed by atoms with E-state index in [1.54, 1.807) is 17.6 Å². The van der Waals surface area contributed by atoms with Crippen LogP contribution in [0.5, 0.6) is 0 Å². The summed E-state index contributed by atoms with van der Waals surface area (Å²) in [6.45, 7) is 3.96. The van der Waals surface area contributed by atoms with Gasteiger partial charge in [-0.15, -0.1) is 11.3 Å². The molecule has 1 aromatic heterocycles. The van der Waals surface area contributed by atoms with E-state index < -0.39 is 0 Å². The number of thiazole rings is 1. The molecule has 0 bridgehead atoms. The van der Waals surface area contributed by atoms with Crippen LogP contribution in [0.25, 0.3) is 0 Å². The lowest BCUT2D eigenvalue weighted by atomic mass is 10.0. The van der Waals surface area contributed by atoms with Crippen LogP contribution >= 0.6 is 11.3 Å². The monoisotopic (exact) mass is 287 g/mol. The van der Waals surface area contributed by atoms with Crippen LogP contribution in [0.4, 0.5) is 0 Å². The Morgan fingerprint density at radius 1 is 1.45 bits per heavy atom. The Balaban J connectivity index is 1.82. The van der Waals surface area contributed by atoms with Gasteiger partial charge >= 0.3 is 0 Å². The van der Waals surface area contributed by atoms with Gasteiger partial charge in [-0.25, -0.2) is 10.4 Å². The maximum atomic E-state index is 11.7. The van der Waals surface area contributed by atoms with Gasteiger partial charge in [0.15, 0.2) is 0 Å². The SMILES string of the molecule is Cc1nc(CC(=O)N/N=C\[C@H](C)c2ccccc2)cs1. The number of aromatic nitrogens is 1. The smallest absolute Gasteiger partial charge is 0.246 e. The zero-order valence-electron chi connectivity index (χ0n) is 11.5. The van der Waals surface area contributed by atoms with Gasteiger partial charge < -0.3 is 0 Å². The molecule has 1 amide bonds. The Labute approximate surface area is 122 Å². The van der Waals surface area contributed by atoms with Crippen LogP contribution in [0.15, 0.2) is 40.8 Å². The molecule has 5 heteroatoms. The number of nitrogens with one attached hydrogen (secondary N) is 1. The molecule has 0 saturated heterocycles. The van der Waals surface area contributed by atoms with Crippen LogP contribution in [-0.4, -0.2) is 17.1 Å². The molecule has 1 N–H and O–H groups in total. The summed E-state index contributed by atoms with van der Waals surface area (Å²) in [5.74, 6) is 0.0184. The van der Waals surface area contributed by atoms with Crippen LogP contribution in [0.3, 0.4) is 0 Å². The molecule has 0 aliphatic heterocycles. The van der Waals surface area contributed by atoms with Crippen molar-refractivity contribution in [2.75, 3.05) is 0 Å². The maximum absolute atomic E-state index is 11.7. The van der Waals surface area contributed by atoms with Crippen molar-refractivity contribution in [1.82, 2.24) is 10.4 Å². The topological polar surface area (TPSA) is 54.4 Å². The third-order valence-corrected chi connectivity index (χ3v) is 3.64. The van der Waals surface area contributed by atoms with Gasteiger partial charge in [0.25, 0.3) is 0 Å². The van der Waals surface area contributed by atoms with Crippen molar-refractivity contribution in [3.8, 4) is 0 Å². The van der Waals surface area contributed by atoms with Gasteiger partial charge in [0, 0.05) is 17.5 Å². The van der Waals surface area contributed by atoms with E-state index in [0.29, 0.717) is 0 Å². The highest BCUT2D eigenvalue weighted by Gasteiger charge is 2.05. The summed E-state index contributed by atoms with van der Waals surface area (Å²) in [5, 5.41) is 6.86. The van der Waals surface area contributed by atoms with Crippen LogP contribution in [0, 0.1) is 6.92 Å². The van der Waals surface area contributed by atoms with Gasteiger partial charge in [-0.2, -0.15) is 5.10 Å². The third kappa shape index (κ3) is 4.28. The molecule has 104 valence electrons. The molecule has 1 heterocycles. The van der Waals surface area contributed by atoms with Crippen LogP contribution in [0.2, 0.25) is 0 Å². The molecular weight excluding hydrogens is 270 g/mol. The minimum Gasteiger partial charge on any atom is -0.273 e. The van der Waals surface area contributed by atoms with Crippen molar-refractivity contribution in [2.45, 2.75) is 26.2 Å². The molecule has 0 fully saturated rings. The summed E-state index contributed by atoms with van der Waals surface area (Å²) in [4.78, 5) is 15.9. The van der Waals surface area contributed by atoms with Crippen molar-refractivity contribution in [3.05, 3.63) is 52.0 Å². The molecule has 0 aliphatic carbocycles. The lowest BCUT2D eigenvalue weighted by Gasteiger charge is -2.05. The number of aryl methyl sites for hydroxylation is 1. The van der Waals surface area contributed by atoms with Gasteiger partial charge in [0.1, 0.15) is 0 Å². The van der Waals surface area contributed by atoms with Gasteiger partial charge in [0.05, 0.1) is 17.1 Å². The van der Waals surface area contributed by atoms with Crippen molar-refractivity contribution >= 4 is 23.5 Å². The average molecular weight is 287 g/mol. The lowest BCUT2D eigenvalue weighted by Crippen LogP contribution is -2.20. The van der Waals surface area contributed by atoms with E-state index in [1.807, 2.05) is 49.6 Å². The zero-order valence-corrected chi connectivity index (χ0v) is 12.4. The molecule has 0 unspecified atom stereocenters. The van der Waals surface area contributed by atoms with Gasteiger partial charge in [0.2, 0.25) is 5.91 Å². The normalized spacial score (nSPS) is 12.5. The maximum Gasteiger partial charge on any atom is 0.246 e. The fraction of sp³-hybridized carbons (Fsp3) is 0.267. The number of hydrazone groups is 1. The largest absolute Gasteiger partial charge is 0.273 e. The Morgan fingerprint density at radius 3 is 2.85 bits per heavy atom. The summed E-state index contributed by atoms with van der Waals surface area (Å²) >= 11 is 1.54. The molecule has 1 atom stereocenters. The van der Waals surface area contributed by atoms with Crippen molar-refractivity contribution in [1.29, 1.82) is 0 Å². The van der Waals surface area contributed by atoms with Gasteiger partial charge in [-0.05, 0) is 12.5 Å². The molecule has 0 aliphatic rings. The van der Waals surface area contributed by atoms with E-state index in [4.69, 9.17) is 0 Å². The van der Waals surface area contributed by atoms with E-state index in [9.17, 15) is 4.79 Å². The quantitative estimate of drug-likeness (QED) is 0.679. The highest BCUT2D eigenvalue weighted by Crippen LogP contribution is 2.11. The molecule has 20 heavy (non-hydrogen) atoms. The highest BCUT2D eigenvalue weighted by atomic mass is 32.1. The summed E-state index contributed by atoms with van der Waals surface area (Å²) in [6, 6.07) is 10.0. The summed E-state index contributed by atoms with van der Waals surface area (Å²) < 4.78 is 0. The van der Waals surface area contributed by atoms with Crippen LogP contribution in [0.1, 0.15) is 29.1 Å². The highest BCUT2D eigenvalue weighted by molar-refractivity contribution is 7.09. The van der Waals surface area contributed by atoms with Crippen molar-refractivity contribution < 1.29 is 4.79 Å². The first kappa shape index (κ1) is 14.4. The molecular formula is C15H17N3OS. The first-order chi connectivity index (χ1) is 9.65. The van der Waals surface area contributed by atoms with Gasteiger partial charge in [-0.3, -0.25) is 4.79 Å². The zero-order chi connectivity index (χ0) is 14.4. The molecule has 1 aromatic carbocycles. The summed E-state index contributed by atoms with van der Waals surface area (Å²) in [5.41, 5.74) is 4.49. The summed E-state index contributed by atoms with van der Waals surface area (Å²) in [6.07, 6.45) is 2.00. The van der Waals surface area contributed by atoms with E-state index in [0.717, 1.165) is 10.7 Å². The predicted octanol–water partition coefficient (Wildman–Crippen LogP) is 2.90. The molecule has 4 nitrogen and oxygen atoms in total. The van der Waals surface area contributed by atoms with Crippen LogP contribution in [-0.2, 0) is 11.2 Å². The number of rotatable bonds is 5. The minimum absolute atomic E-state index is 0.146. The third-order valence-electron chi connectivity index (χ3n) is 2.82. The lowest BCUT2D eigenvalue weighted by molar-refractivity contribution is -0.120. The second-order valence-corrected chi connectivity index (χ2v) is 5.61. The first-order valence-electron chi connectivity index (χ1n) is 6.43. The second kappa shape index (κ2) is 6.96. The Morgan fingerprint density at radius 2 is 2.20 bits per heavy atom. The van der Waals surface area contributed by atoms with E-state index in [-0.39, 0.29) is 18.2 Å². The predicted molar refractivity (Wildman–Crippen MR) is 82.0 cm³/mol. The summed E-state index contributed by atoms with van der Waals surface area (Å²) in [7, 11) is 0. The Bertz CT molecular complexity index is 592. The van der Waals surface area contributed by atoms with E-state index in [2.05, 4.69) is 15.5 Å². The average Bonchev–Trinajstić information content (AvgIpc) is 2.85. The Kier molecular flexibility index (Phi) is 5.01. The molecule has 0 saturated carbocycles. The van der Waals surface area contributed by atoms with Crippen molar-refractivity contribution in [2.24, 2.45) is 5.10 Å². The van der Waals surface area contributed by atoms with Crippen LogP contribution < -0.4 is 5.43 Å². The second-order valence-electron chi connectivity index (χ2n) is 4.55. The molecule has 2 aromatic rings. The minimum atomic E-state index is -0.146. The molecule has 0 spiro atoms. The standard InChI is InChI=1S/C15H17N3OS/c1-11(13-6-4-3-5-7-13)9-16-18-15(19)8-14-10-20-12(2)17-14/h3-7,9-11H,8H2,1-2H3,(H,18,19)/b16-9-/t11-/m0/s1. The van der Waals surface area contributed by atoms with Gasteiger partial charge in [-0.1, -0.05) is 37.3 Å². The number of hydrogen-bond acceptors (Lipinski definition) is 4. The molecule has 0 radical (unpaired) electrons. The Hall–Kier alpha value is -2.01. The number of carbonyl (C=O) groups is 1. The fourth-order valence-electron chi connectivity index (χ4n) is 1.76. The van der Waals surface area contributed by atoms with E-state index >= 15 is 0 Å².